The Morgan fingerprint density at radius 3 is 2.71 bits per heavy atom. The van der Waals surface area contributed by atoms with Gasteiger partial charge >= 0.3 is 0 Å². The molecule has 1 aliphatic rings. The topological polar surface area (TPSA) is 46.1 Å². The van der Waals surface area contributed by atoms with E-state index in [1.54, 1.807) is 17.2 Å². The summed E-state index contributed by atoms with van der Waals surface area (Å²) in [5.41, 5.74) is 1.06. The van der Waals surface area contributed by atoms with Gasteiger partial charge in [-0.1, -0.05) is 27.5 Å². The van der Waals surface area contributed by atoms with Crippen molar-refractivity contribution in [3.05, 3.63) is 52.0 Å². The Bertz CT molecular complexity index is 661. The first kappa shape index (κ1) is 14.5. The third kappa shape index (κ3) is 2.94. The van der Waals surface area contributed by atoms with Gasteiger partial charge in [-0.15, -0.1) is 0 Å². The standard InChI is InChI=1S/C15H13BrClN3O/c16-10-4-5-14(12(17)8-10)20(11-2-1-3-11)15(21)13-9-18-6-7-19-13/h4-9,11H,1-3H2. The summed E-state index contributed by atoms with van der Waals surface area (Å²) < 4.78 is 0.886. The zero-order valence-electron chi connectivity index (χ0n) is 11.2. The molecule has 0 aliphatic heterocycles. The summed E-state index contributed by atoms with van der Waals surface area (Å²) in [6.45, 7) is 0. The molecule has 3 rings (SSSR count). The molecular weight excluding hydrogens is 354 g/mol. The largest absolute Gasteiger partial charge is 0.302 e. The number of hydrogen-bond acceptors (Lipinski definition) is 3. The molecule has 1 aromatic carbocycles. The van der Waals surface area contributed by atoms with E-state index in [0.717, 1.165) is 29.4 Å². The highest BCUT2D eigenvalue weighted by Gasteiger charge is 2.32. The Morgan fingerprint density at radius 2 is 2.14 bits per heavy atom. The number of rotatable bonds is 3. The van der Waals surface area contributed by atoms with Gasteiger partial charge < -0.3 is 4.90 Å². The minimum atomic E-state index is -0.156. The number of hydrogen-bond donors (Lipinski definition) is 0. The maximum absolute atomic E-state index is 12.8. The lowest BCUT2D eigenvalue weighted by atomic mass is 9.90. The predicted molar refractivity (Wildman–Crippen MR) is 85.6 cm³/mol. The third-order valence-corrected chi connectivity index (χ3v) is 4.41. The van der Waals surface area contributed by atoms with Gasteiger partial charge in [0.1, 0.15) is 5.69 Å². The first-order valence-corrected chi connectivity index (χ1v) is 7.88. The van der Waals surface area contributed by atoms with Gasteiger partial charge in [-0.05, 0) is 37.5 Å². The summed E-state index contributed by atoms with van der Waals surface area (Å²) in [4.78, 5) is 22.6. The fraction of sp³-hybridized carbons (Fsp3) is 0.267. The minimum absolute atomic E-state index is 0.156. The molecule has 6 heteroatoms. The van der Waals surface area contributed by atoms with E-state index in [2.05, 4.69) is 25.9 Å². The van der Waals surface area contributed by atoms with Crippen LogP contribution in [0.4, 0.5) is 5.69 Å². The van der Waals surface area contributed by atoms with Crippen LogP contribution in [0.1, 0.15) is 29.8 Å². The summed E-state index contributed by atoms with van der Waals surface area (Å²) in [6, 6.07) is 5.72. The Balaban J connectivity index is 2.00. The lowest BCUT2D eigenvalue weighted by Crippen LogP contribution is -2.45. The molecular formula is C15H13BrClN3O. The van der Waals surface area contributed by atoms with Crippen molar-refractivity contribution < 1.29 is 4.79 Å². The highest BCUT2D eigenvalue weighted by atomic mass is 79.9. The van der Waals surface area contributed by atoms with E-state index in [1.165, 1.54) is 12.4 Å². The minimum Gasteiger partial charge on any atom is -0.302 e. The molecule has 108 valence electrons. The van der Waals surface area contributed by atoms with Crippen molar-refractivity contribution in [1.82, 2.24) is 9.97 Å². The van der Waals surface area contributed by atoms with Gasteiger partial charge in [-0.25, -0.2) is 4.98 Å². The quantitative estimate of drug-likeness (QED) is 0.822. The predicted octanol–water partition coefficient (Wildman–Crippen LogP) is 4.09. The van der Waals surface area contributed by atoms with Crippen LogP contribution < -0.4 is 4.90 Å². The van der Waals surface area contributed by atoms with E-state index in [0.29, 0.717) is 10.7 Å². The van der Waals surface area contributed by atoms with Gasteiger partial charge in [0.05, 0.1) is 16.9 Å². The van der Waals surface area contributed by atoms with E-state index in [1.807, 2.05) is 12.1 Å². The Hall–Kier alpha value is -1.46. The second-order valence-corrected chi connectivity index (χ2v) is 6.27. The van der Waals surface area contributed by atoms with Crippen LogP contribution in [0.25, 0.3) is 0 Å². The van der Waals surface area contributed by atoms with Gasteiger partial charge in [-0.2, -0.15) is 0 Å². The second kappa shape index (κ2) is 6.12. The van der Waals surface area contributed by atoms with Gasteiger partial charge in [0, 0.05) is 22.9 Å². The van der Waals surface area contributed by atoms with Crippen molar-refractivity contribution in [3.63, 3.8) is 0 Å². The van der Waals surface area contributed by atoms with Crippen LogP contribution in [0.2, 0.25) is 5.02 Å². The maximum Gasteiger partial charge on any atom is 0.278 e. The summed E-state index contributed by atoms with van der Waals surface area (Å²) in [5.74, 6) is -0.156. The van der Waals surface area contributed by atoms with Gasteiger partial charge in [0.2, 0.25) is 0 Å². The summed E-state index contributed by atoms with van der Waals surface area (Å²) in [5, 5.41) is 0.550. The van der Waals surface area contributed by atoms with Crippen LogP contribution in [0.15, 0.2) is 41.3 Å². The lowest BCUT2D eigenvalue weighted by Gasteiger charge is -2.37. The van der Waals surface area contributed by atoms with Crippen LogP contribution >= 0.6 is 27.5 Å². The average molecular weight is 367 g/mol. The fourth-order valence-corrected chi connectivity index (χ4v) is 3.09. The number of nitrogens with zero attached hydrogens (tertiary/aromatic N) is 3. The summed E-state index contributed by atoms with van der Waals surface area (Å²) in [6.07, 6.45) is 7.66. The number of carbonyl (C=O) groups excluding carboxylic acids is 1. The number of amides is 1. The van der Waals surface area contributed by atoms with E-state index >= 15 is 0 Å². The molecule has 1 amide bonds. The average Bonchev–Trinajstić information content (AvgIpc) is 2.44. The third-order valence-electron chi connectivity index (χ3n) is 3.61. The Morgan fingerprint density at radius 1 is 1.33 bits per heavy atom. The molecule has 0 bridgehead atoms. The molecule has 1 fully saturated rings. The van der Waals surface area contributed by atoms with E-state index in [-0.39, 0.29) is 11.9 Å². The van der Waals surface area contributed by atoms with Crippen LogP contribution in [0, 0.1) is 0 Å². The van der Waals surface area contributed by atoms with Crippen molar-refractivity contribution in [2.24, 2.45) is 0 Å². The number of anilines is 1. The highest BCUT2D eigenvalue weighted by Crippen LogP contribution is 2.36. The number of carbonyl (C=O) groups is 1. The van der Waals surface area contributed by atoms with Crippen molar-refractivity contribution in [2.75, 3.05) is 4.90 Å². The van der Waals surface area contributed by atoms with Crippen molar-refractivity contribution >= 4 is 39.1 Å². The molecule has 1 aromatic heterocycles. The Labute approximate surface area is 136 Å². The van der Waals surface area contributed by atoms with Crippen molar-refractivity contribution in [3.8, 4) is 0 Å². The van der Waals surface area contributed by atoms with Crippen molar-refractivity contribution in [2.45, 2.75) is 25.3 Å². The molecule has 1 heterocycles. The van der Waals surface area contributed by atoms with Crippen LogP contribution in [0.5, 0.6) is 0 Å². The monoisotopic (exact) mass is 365 g/mol. The van der Waals surface area contributed by atoms with Crippen molar-refractivity contribution in [1.29, 1.82) is 0 Å². The fourth-order valence-electron chi connectivity index (χ4n) is 2.33. The lowest BCUT2D eigenvalue weighted by molar-refractivity contribution is 0.0959. The SMILES string of the molecule is O=C(c1cnccn1)N(c1ccc(Br)cc1Cl)C1CCC1. The smallest absolute Gasteiger partial charge is 0.278 e. The van der Waals surface area contributed by atoms with Gasteiger partial charge in [0.25, 0.3) is 5.91 Å². The molecule has 2 aromatic rings. The molecule has 0 radical (unpaired) electrons. The van der Waals surface area contributed by atoms with E-state index < -0.39 is 0 Å². The normalized spacial score (nSPS) is 14.6. The molecule has 0 spiro atoms. The first-order valence-electron chi connectivity index (χ1n) is 6.71. The number of aromatic nitrogens is 2. The number of benzene rings is 1. The Kier molecular flexibility index (Phi) is 4.22. The molecule has 21 heavy (non-hydrogen) atoms. The van der Waals surface area contributed by atoms with Gasteiger partial charge in [-0.3, -0.25) is 9.78 Å². The second-order valence-electron chi connectivity index (χ2n) is 4.95. The summed E-state index contributed by atoms with van der Waals surface area (Å²) in [7, 11) is 0. The van der Waals surface area contributed by atoms with Crippen LogP contribution in [-0.4, -0.2) is 21.9 Å². The number of halogens is 2. The highest BCUT2D eigenvalue weighted by molar-refractivity contribution is 9.10. The van der Waals surface area contributed by atoms with Crippen LogP contribution in [-0.2, 0) is 0 Å². The summed E-state index contributed by atoms with van der Waals surface area (Å²) >= 11 is 9.71. The van der Waals surface area contributed by atoms with E-state index in [4.69, 9.17) is 11.6 Å². The maximum atomic E-state index is 12.8. The molecule has 1 saturated carbocycles. The van der Waals surface area contributed by atoms with Crippen LogP contribution in [0.3, 0.4) is 0 Å². The van der Waals surface area contributed by atoms with E-state index in [9.17, 15) is 4.79 Å². The zero-order chi connectivity index (χ0) is 14.8. The molecule has 0 N–H and O–H groups in total. The molecule has 0 atom stereocenters. The zero-order valence-corrected chi connectivity index (χ0v) is 13.5. The molecule has 0 unspecified atom stereocenters. The molecule has 4 nitrogen and oxygen atoms in total. The molecule has 0 saturated heterocycles. The van der Waals surface area contributed by atoms with Gasteiger partial charge in [0.15, 0.2) is 0 Å². The molecule has 1 aliphatic carbocycles. The first-order chi connectivity index (χ1) is 10.2.